The van der Waals surface area contributed by atoms with Crippen LogP contribution in [0.1, 0.15) is 16.7 Å². The van der Waals surface area contributed by atoms with Crippen molar-refractivity contribution in [3.05, 3.63) is 64.9 Å². The van der Waals surface area contributed by atoms with Crippen LogP contribution in [0, 0.1) is 13.8 Å². The zero-order valence-corrected chi connectivity index (χ0v) is 17.6. The Morgan fingerprint density at radius 1 is 0.966 bits per heavy atom. The van der Waals surface area contributed by atoms with E-state index in [0.717, 1.165) is 22.4 Å². The summed E-state index contributed by atoms with van der Waals surface area (Å²) in [5.74, 6) is -0.727. The molecule has 1 aliphatic rings. The van der Waals surface area contributed by atoms with Gasteiger partial charge >= 0.3 is 0 Å². The lowest BCUT2D eigenvalue weighted by Crippen LogP contribution is -2.35. The van der Waals surface area contributed by atoms with Gasteiger partial charge in [0.1, 0.15) is 5.70 Å². The Hall–Kier alpha value is -3.12. The van der Waals surface area contributed by atoms with Crippen LogP contribution in [-0.4, -0.2) is 56.1 Å². The van der Waals surface area contributed by atoms with E-state index in [0.29, 0.717) is 17.0 Å². The molecule has 0 aliphatic carbocycles. The minimum absolute atomic E-state index is 0.113. The van der Waals surface area contributed by atoms with Crippen LogP contribution in [0.25, 0.3) is 5.57 Å². The van der Waals surface area contributed by atoms with Crippen LogP contribution >= 0.6 is 0 Å². The van der Waals surface area contributed by atoms with Gasteiger partial charge in [-0.1, -0.05) is 29.8 Å². The fourth-order valence-electron chi connectivity index (χ4n) is 3.62. The van der Waals surface area contributed by atoms with Crippen LogP contribution in [0.2, 0.25) is 0 Å². The van der Waals surface area contributed by atoms with Crippen molar-refractivity contribution in [1.29, 1.82) is 0 Å². The van der Waals surface area contributed by atoms with Crippen molar-refractivity contribution in [2.45, 2.75) is 13.8 Å². The molecule has 2 amide bonds. The Labute approximate surface area is 171 Å². The Morgan fingerprint density at radius 2 is 1.69 bits per heavy atom. The van der Waals surface area contributed by atoms with E-state index < -0.39 is 0 Å². The van der Waals surface area contributed by atoms with E-state index in [1.165, 1.54) is 4.90 Å². The van der Waals surface area contributed by atoms with Crippen molar-refractivity contribution in [1.82, 2.24) is 4.90 Å². The molecule has 0 bridgehead atoms. The predicted octanol–water partition coefficient (Wildman–Crippen LogP) is 2.58. The van der Waals surface area contributed by atoms with Gasteiger partial charge < -0.3 is 14.9 Å². The van der Waals surface area contributed by atoms with Crippen molar-refractivity contribution >= 4 is 28.8 Å². The number of carbonyl (C=O) groups excluding carboxylic acids is 2. The molecule has 0 aromatic heterocycles. The van der Waals surface area contributed by atoms with Gasteiger partial charge in [-0.2, -0.15) is 0 Å². The quantitative estimate of drug-likeness (QED) is 0.765. The first-order valence-electron chi connectivity index (χ1n) is 9.56. The van der Waals surface area contributed by atoms with Gasteiger partial charge in [0.05, 0.1) is 17.9 Å². The zero-order valence-electron chi connectivity index (χ0n) is 17.6. The molecule has 1 N–H and O–H groups in total. The number of hydrogen-bond acceptors (Lipinski definition) is 5. The highest BCUT2D eigenvalue weighted by Crippen LogP contribution is 2.36. The molecule has 0 unspecified atom stereocenters. The first-order valence-corrected chi connectivity index (χ1v) is 9.56. The van der Waals surface area contributed by atoms with E-state index >= 15 is 0 Å². The molecule has 6 heteroatoms. The van der Waals surface area contributed by atoms with E-state index in [1.807, 2.05) is 69.2 Å². The number of amides is 2. The summed E-state index contributed by atoms with van der Waals surface area (Å²) in [6.45, 7) is 4.07. The summed E-state index contributed by atoms with van der Waals surface area (Å²) < 4.78 is 0. The smallest absolute Gasteiger partial charge is 0.282 e. The maximum absolute atomic E-state index is 13.5. The van der Waals surface area contributed by atoms with Gasteiger partial charge in [-0.05, 0) is 43.2 Å². The summed E-state index contributed by atoms with van der Waals surface area (Å²) in [7, 11) is 5.54. The monoisotopic (exact) mass is 393 g/mol. The summed E-state index contributed by atoms with van der Waals surface area (Å²) in [4.78, 5) is 31.7. The summed E-state index contributed by atoms with van der Waals surface area (Å²) in [5, 5.41) is 9.40. The fourth-order valence-corrected chi connectivity index (χ4v) is 3.62. The number of aliphatic hydroxyl groups excluding tert-OH is 1. The molecule has 1 heterocycles. The molecule has 0 spiro atoms. The summed E-state index contributed by atoms with van der Waals surface area (Å²) in [6, 6.07) is 13.2. The normalized spacial score (nSPS) is 14.1. The van der Waals surface area contributed by atoms with Gasteiger partial charge in [0.25, 0.3) is 11.8 Å². The molecule has 0 fully saturated rings. The molecule has 1 aliphatic heterocycles. The molecule has 3 rings (SSSR count). The number of benzene rings is 2. The van der Waals surface area contributed by atoms with Crippen LogP contribution in [0.15, 0.2) is 48.2 Å². The Morgan fingerprint density at radius 3 is 2.31 bits per heavy atom. The number of rotatable bonds is 6. The first kappa shape index (κ1) is 20.6. The maximum Gasteiger partial charge on any atom is 0.282 e. The second-order valence-electron chi connectivity index (χ2n) is 7.55. The topological polar surface area (TPSA) is 64.1 Å². The largest absolute Gasteiger partial charge is 0.395 e. The average molecular weight is 393 g/mol. The lowest BCUT2D eigenvalue weighted by atomic mass is 9.97. The molecule has 2 aromatic rings. The van der Waals surface area contributed by atoms with Crippen molar-refractivity contribution in [3.8, 4) is 0 Å². The molecular weight excluding hydrogens is 366 g/mol. The number of anilines is 2. The third-order valence-corrected chi connectivity index (χ3v) is 5.13. The van der Waals surface area contributed by atoms with Crippen molar-refractivity contribution in [2.75, 3.05) is 44.1 Å². The number of imide groups is 1. The first-order chi connectivity index (χ1) is 13.8. The molecule has 0 saturated carbocycles. The van der Waals surface area contributed by atoms with Crippen molar-refractivity contribution < 1.29 is 14.7 Å². The van der Waals surface area contributed by atoms with E-state index in [2.05, 4.69) is 0 Å². The van der Waals surface area contributed by atoms with Gasteiger partial charge in [-0.15, -0.1) is 0 Å². The van der Waals surface area contributed by atoms with Crippen LogP contribution in [0.3, 0.4) is 0 Å². The maximum atomic E-state index is 13.5. The van der Waals surface area contributed by atoms with E-state index in [1.54, 1.807) is 18.0 Å². The Kier molecular flexibility index (Phi) is 5.75. The third kappa shape index (κ3) is 3.76. The summed E-state index contributed by atoms with van der Waals surface area (Å²) in [6.07, 6.45) is 0. The van der Waals surface area contributed by atoms with Crippen molar-refractivity contribution in [3.63, 3.8) is 0 Å². The molecule has 0 atom stereocenters. The molecule has 0 saturated heterocycles. The number of nitrogens with zero attached hydrogens (tertiary/aromatic N) is 3. The van der Waals surface area contributed by atoms with Crippen LogP contribution in [0.5, 0.6) is 0 Å². The second-order valence-corrected chi connectivity index (χ2v) is 7.55. The number of hydrogen-bond donors (Lipinski definition) is 1. The van der Waals surface area contributed by atoms with Gasteiger partial charge in [-0.25, -0.2) is 4.90 Å². The minimum atomic E-state index is -0.378. The number of aliphatic hydroxyl groups is 1. The molecular formula is C23H27N3O3. The van der Waals surface area contributed by atoms with Crippen LogP contribution in [-0.2, 0) is 9.59 Å². The molecule has 2 aromatic carbocycles. The SMILES string of the molecule is Cc1ccc(C2=C(N(C)CCO)C(=O)N(c3cccc(N(C)C)c3)C2=O)c(C)c1. The average Bonchev–Trinajstić information content (AvgIpc) is 2.92. The summed E-state index contributed by atoms with van der Waals surface area (Å²) >= 11 is 0. The lowest BCUT2D eigenvalue weighted by Gasteiger charge is -2.21. The fraction of sp³-hybridized carbons (Fsp3) is 0.304. The Balaban J connectivity index is 2.16. The molecule has 0 radical (unpaired) electrons. The zero-order chi connectivity index (χ0) is 21.3. The standard InChI is InChI=1S/C23H27N3O3/c1-15-9-10-19(16(2)13-15)20-21(25(5)11-12-27)23(29)26(22(20)28)18-8-6-7-17(14-18)24(3)4/h6-10,13-14,27H,11-12H2,1-5H3. The van der Waals surface area contributed by atoms with Gasteiger partial charge in [0.15, 0.2) is 0 Å². The predicted molar refractivity (Wildman–Crippen MR) is 116 cm³/mol. The number of carbonyl (C=O) groups is 2. The highest BCUT2D eigenvalue weighted by atomic mass is 16.3. The highest BCUT2D eigenvalue weighted by molar-refractivity contribution is 6.45. The minimum Gasteiger partial charge on any atom is -0.395 e. The third-order valence-electron chi connectivity index (χ3n) is 5.13. The molecule has 6 nitrogen and oxygen atoms in total. The van der Waals surface area contributed by atoms with E-state index in [-0.39, 0.29) is 25.0 Å². The second kappa shape index (κ2) is 8.09. The molecule has 29 heavy (non-hydrogen) atoms. The van der Waals surface area contributed by atoms with Crippen LogP contribution in [0.4, 0.5) is 11.4 Å². The highest BCUT2D eigenvalue weighted by Gasteiger charge is 2.42. The number of aryl methyl sites for hydroxylation is 2. The van der Waals surface area contributed by atoms with Gasteiger partial charge in [0.2, 0.25) is 0 Å². The number of likely N-dealkylation sites (N-methyl/N-ethyl adjacent to an activating group) is 1. The van der Waals surface area contributed by atoms with E-state index in [9.17, 15) is 14.7 Å². The molecule has 152 valence electrons. The Bertz CT molecular complexity index is 995. The van der Waals surface area contributed by atoms with Gasteiger partial charge in [0, 0.05) is 33.4 Å². The summed E-state index contributed by atoms with van der Waals surface area (Å²) in [5.41, 5.74) is 4.86. The lowest BCUT2D eigenvalue weighted by molar-refractivity contribution is -0.120. The van der Waals surface area contributed by atoms with E-state index in [4.69, 9.17) is 0 Å². The van der Waals surface area contributed by atoms with Crippen molar-refractivity contribution in [2.24, 2.45) is 0 Å². The van der Waals surface area contributed by atoms with Gasteiger partial charge in [-0.3, -0.25) is 9.59 Å². The van der Waals surface area contributed by atoms with Crippen LogP contribution < -0.4 is 9.80 Å².